The fourth-order valence-corrected chi connectivity index (χ4v) is 0.143. The van der Waals surface area contributed by atoms with Gasteiger partial charge in [-0.15, -0.1) is 0 Å². The minimum atomic E-state index is -0.00125. The van der Waals surface area contributed by atoms with Crippen molar-refractivity contribution in [3.05, 3.63) is 0 Å². The summed E-state index contributed by atoms with van der Waals surface area (Å²) in [5.41, 5.74) is 0. The Morgan fingerprint density at radius 3 is 2.67 bits per heavy atom. The van der Waals surface area contributed by atoms with E-state index in [1.165, 1.54) is 7.28 Å². The fourth-order valence-electron chi connectivity index (χ4n) is 0.143. The van der Waals surface area contributed by atoms with Crippen molar-refractivity contribution in [2.45, 2.75) is 6.32 Å². The quantitative estimate of drug-likeness (QED) is 0.278. The van der Waals surface area contributed by atoms with Crippen LogP contribution in [-0.4, -0.2) is 25.2 Å². The lowest BCUT2D eigenvalue weighted by Gasteiger charge is -1.75. The molecule has 0 aromatic rings. The lowest BCUT2D eigenvalue weighted by molar-refractivity contribution is -0.106. The van der Waals surface area contributed by atoms with Gasteiger partial charge in [0.2, 0.25) is 0 Å². The predicted octanol–water partition coefficient (Wildman–Crippen LogP) is -0.742. The maximum absolute atomic E-state index is 9.42. The fraction of sp³-hybridized carbons (Fsp3) is 0.667. The van der Waals surface area contributed by atoms with Gasteiger partial charge in [-0.3, -0.25) is 0 Å². The van der Waals surface area contributed by atoms with Crippen LogP contribution in [0.5, 0.6) is 0 Å². The summed E-state index contributed by atoms with van der Waals surface area (Å²) in [7, 11) is 1.49. The van der Waals surface area contributed by atoms with Crippen molar-refractivity contribution in [3.8, 4) is 0 Å². The van der Waals surface area contributed by atoms with Crippen LogP contribution in [-0.2, 0) is 4.79 Å². The van der Waals surface area contributed by atoms with Gasteiger partial charge in [-0.25, -0.2) is 0 Å². The molecule has 0 aromatic heterocycles. The van der Waals surface area contributed by atoms with Crippen LogP contribution in [0.4, 0.5) is 0 Å². The van der Waals surface area contributed by atoms with E-state index in [4.69, 9.17) is 5.11 Å². The molecule has 0 fully saturated rings. The Balaban J connectivity index is 2.49. The summed E-state index contributed by atoms with van der Waals surface area (Å²) in [6.45, 7) is -0.00125. The highest BCUT2D eigenvalue weighted by molar-refractivity contribution is 6.39. The Morgan fingerprint density at radius 2 is 2.50 bits per heavy atom. The van der Waals surface area contributed by atoms with Crippen LogP contribution in [0, 0.1) is 0 Å². The second-order valence-corrected chi connectivity index (χ2v) is 0.874. The maximum Gasteiger partial charge on any atom is 0.153 e. The molecule has 0 saturated carbocycles. The van der Waals surface area contributed by atoms with Crippen LogP contribution < -0.4 is 0 Å². The summed E-state index contributed by atoms with van der Waals surface area (Å²) < 4.78 is 0. The van der Waals surface area contributed by atoms with Gasteiger partial charge >= 0.3 is 0 Å². The Kier molecular flexibility index (Phi) is 4.46. The molecule has 0 atom stereocenters. The summed E-state index contributed by atoms with van der Waals surface area (Å²) in [5.74, 6) is 0. The van der Waals surface area contributed by atoms with Gasteiger partial charge in [0, 0.05) is 6.51 Å². The molecule has 33 valence electrons. The maximum atomic E-state index is 9.42. The molecule has 0 spiro atoms. The molecule has 0 aromatic carbocycles. The molecule has 0 unspecified atom stereocenters. The van der Waals surface area contributed by atoms with E-state index in [9.17, 15) is 4.79 Å². The third kappa shape index (κ3) is 3.69. The van der Waals surface area contributed by atoms with Gasteiger partial charge < -0.3 is 9.90 Å². The second-order valence-electron chi connectivity index (χ2n) is 0.874. The molecule has 0 rings (SSSR count). The molecule has 2 nitrogen and oxygen atoms in total. The number of rotatable bonds is 3. The first-order chi connectivity index (χ1) is 2.91. The van der Waals surface area contributed by atoms with Crippen molar-refractivity contribution in [1.82, 2.24) is 0 Å². The first-order valence-electron chi connectivity index (χ1n) is 1.78. The molecule has 3 heteroatoms. The van der Waals surface area contributed by atoms with E-state index in [1.807, 2.05) is 0 Å². The van der Waals surface area contributed by atoms with Crippen molar-refractivity contribution in [1.29, 1.82) is 0 Å². The number of carbonyl (C=O) groups excluding carboxylic acids is 1. The minimum absolute atomic E-state index is 0.00125. The summed E-state index contributed by atoms with van der Waals surface area (Å²) in [6.07, 6.45) is 1.10. The smallest absolute Gasteiger partial charge is 0.153 e. The van der Waals surface area contributed by atoms with Crippen molar-refractivity contribution in [2.24, 2.45) is 0 Å². The summed E-state index contributed by atoms with van der Waals surface area (Å²) in [4.78, 5) is 9.42. The molecule has 0 heterocycles. The predicted molar refractivity (Wildman–Crippen MR) is 23.7 cm³/mol. The van der Waals surface area contributed by atoms with E-state index in [0.29, 0.717) is 6.32 Å². The molecular weight excluding hydrogens is 78.8 g/mol. The zero-order valence-corrected chi connectivity index (χ0v) is 3.42. The third-order valence-electron chi connectivity index (χ3n) is 0.392. The van der Waals surface area contributed by atoms with Gasteiger partial charge in [0.05, 0.1) is 0 Å². The molecule has 1 radical (unpaired) electrons. The highest BCUT2D eigenvalue weighted by Gasteiger charge is 1.80. The van der Waals surface area contributed by atoms with Gasteiger partial charge in [-0.05, 0) is 6.32 Å². The number of aldehydes is 1. The molecule has 0 bridgehead atoms. The van der Waals surface area contributed by atoms with Gasteiger partial charge in [0.15, 0.2) is 7.28 Å². The first kappa shape index (κ1) is 5.69. The second kappa shape index (κ2) is 4.69. The molecule has 6 heavy (non-hydrogen) atoms. The number of hydrogen-bond acceptors (Lipinski definition) is 2. The minimum Gasteiger partial charge on any atom is -0.405 e. The van der Waals surface area contributed by atoms with Crippen LogP contribution >= 0.6 is 0 Å². The van der Waals surface area contributed by atoms with E-state index in [1.54, 1.807) is 0 Å². The Bertz CT molecular complexity index is 37.8. The third-order valence-corrected chi connectivity index (χ3v) is 0.392. The first-order valence-corrected chi connectivity index (χ1v) is 1.78. The van der Waals surface area contributed by atoms with Crippen molar-refractivity contribution in [3.63, 3.8) is 0 Å². The molecule has 0 saturated heterocycles. The topological polar surface area (TPSA) is 37.3 Å². The molecule has 1 N–H and O–H groups in total. The molecule has 0 aliphatic carbocycles. The van der Waals surface area contributed by atoms with Crippen molar-refractivity contribution < 1.29 is 9.90 Å². The van der Waals surface area contributed by atoms with Crippen LogP contribution in [0.15, 0.2) is 0 Å². The number of aliphatic hydroxyl groups is 1. The Morgan fingerprint density at radius 1 is 1.83 bits per heavy atom. The Labute approximate surface area is 37.4 Å². The highest BCUT2D eigenvalue weighted by atomic mass is 16.2. The normalized spacial score (nSPS) is 7.50. The summed E-state index contributed by atoms with van der Waals surface area (Å²) >= 11 is 0. The van der Waals surface area contributed by atoms with Crippen LogP contribution in [0.3, 0.4) is 0 Å². The summed E-state index contributed by atoms with van der Waals surface area (Å²) in [5, 5.41) is 7.98. The molecule has 0 aliphatic heterocycles. The largest absolute Gasteiger partial charge is 0.405 e. The van der Waals surface area contributed by atoms with Gasteiger partial charge in [-0.1, -0.05) is 0 Å². The van der Waals surface area contributed by atoms with Gasteiger partial charge in [-0.2, -0.15) is 0 Å². The number of aliphatic hydroxyl groups excluding tert-OH is 1. The molecule has 0 amide bonds. The van der Waals surface area contributed by atoms with Crippen molar-refractivity contribution >= 4 is 13.6 Å². The lowest BCUT2D eigenvalue weighted by Crippen LogP contribution is -1.95. The van der Waals surface area contributed by atoms with E-state index >= 15 is 0 Å². The standard InChI is InChI=1S/C3H6BO2/c5-2-1-4-3-6/h2,6H,1,3H2. The van der Waals surface area contributed by atoms with E-state index in [-0.39, 0.29) is 6.51 Å². The van der Waals surface area contributed by atoms with Crippen LogP contribution in [0.1, 0.15) is 0 Å². The molecule has 0 aliphatic rings. The number of hydrogen-bond donors (Lipinski definition) is 1. The van der Waals surface area contributed by atoms with E-state index < -0.39 is 0 Å². The zero-order chi connectivity index (χ0) is 4.83. The zero-order valence-electron chi connectivity index (χ0n) is 3.42. The lowest BCUT2D eigenvalue weighted by atomic mass is 9.77. The average molecular weight is 84.9 g/mol. The average Bonchev–Trinajstić information content (AvgIpc) is 1.61. The SMILES string of the molecule is O=CC[B]CO. The van der Waals surface area contributed by atoms with Crippen LogP contribution in [0.25, 0.3) is 0 Å². The van der Waals surface area contributed by atoms with E-state index in [0.717, 1.165) is 6.29 Å². The molecular formula is C3H6BO2. The Hall–Kier alpha value is -0.305. The van der Waals surface area contributed by atoms with Crippen LogP contribution in [0.2, 0.25) is 6.32 Å². The summed E-state index contributed by atoms with van der Waals surface area (Å²) in [6, 6.07) is 0. The monoisotopic (exact) mass is 85.0 g/mol. The number of carbonyl (C=O) groups is 1. The van der Waals surface area contributed by atoms with Crippen molar-refractivity contribution in [2.75, 3.05) is 6.51 Å². The van der Waals surface area contributed by atoms with Gasteiger partial charge in [0.25, 0.3) is 0 Å². The van der Waals surface area contributed by atoms with Gasteiger partial charge in [0.1, 0.15) is 6.29 Å². The highest BCUT2D eigenvalue weighted by Crippen LogP contribution is 1.63. The van der Waals surface area contributed by atoms with E-state index in [2.05, 4.69) is 0 Å².